The molecule has 2 unspecified atom stereocenters. The summed E-state index contributed by atoms with van der Waals surface area (Å²) in [6.45, 7) is 0. The molecule has 49 heavy (non-hydrogen) atoms. The number of thioether (sulfide) groups is 1. The lowest BCUT2D eigenvalue weighted by Gasteiger charge is -2.28. The lowest BCUT2D eigenvalue weighted by atomic mass is 10.0. The number of nitriles is 1. The summed E-state index contributed by atoms with van der Waals surface area (Å²) in [5.41, 5.74) is 9.30. The van der Waals surface area contributed by atoms with Gasteiger partial charge in [0.1, 0.15) is 17.2 Å². The number of benzene rings is 6. The van der Waals surface area contributed by atoms with Gasteiger partial charge in [-0.25, -0.2) is 15.0 Å². The largest absolute Gasteiger partial charge is 0.456 e. The molecule has 6 nitrogen and oxygen atoms in total. The van der Waals surface area contributed by atoms with Crippen molar-refractivity contribution in [3.63, 3.8) is 0 Å². The van der Waals surface area contributed by atoms with Gasteiger partial charge in [0.05, 0.1) is 22.5 Å². The smallest absolute Gasteiger partial charge is 0.164 e. The third kappa shape index (κ3) is 4.38. The van der Waals surface area contributed by atoms with E-state index in [0.29, 0.717) is 23.0 Å². The molecule has 6 aromatic carbocycles. The van der Waals surface area contributed by atoms with Gasteiger partial charge in [0, 0.05) is 38.0 Å². The van der Waals surface area contributed by atoms with Crippen LogP contribution in [-0.2, 0) is 0 Å². The van der Waals surface area contributed by atoms with Crippen LogP contribution in [0.4, 0.5) is 11.4 Å². The van der Waals surface area contributed by atoms with E-state index in [1.165, 1.54) is 16.0 Å². The molecule has 0 radical (unpaired) electrons. The SMILES string of the molecule is N#Cc1cc(-c2nc(-c3ccccc3)nc(-c3ccc4oc5ccccc5c4c3)n2)ccc1N1c2ccccc2C2Sc3ccccc3C21. The van der Waals surface area contributed by atoms with Crippen LogP contribution in [-0.4, -0.2) is 15.0 Å². The van der Waals surface area contributed by atoms with Gasteiger partial charge in [0.2, 0.25) is 0 Å². The monoisotopic (exact) mass is 647 g/mol. The van der Waals surface area contributed by atoms with E-state index in [0.717, 1.165) is 50.0 Å². The van der Waals surface area contributed by atoms with Crippen molar-refractivity contribution < 1.29 is 4.42 Å². The molecule has 2 atom stereocenters. The van der Waals surface area contributed by atoms with Crippen molar-refractivity contribution in [1.82, 2.24) is 15.0 Å². The molecule has 4 heterocycles. The number of furan rings is 1. The van der Waals surface area contributed by atoms with Crippen molar-refractivity contribution in [3.8, 4) is 40.2 Å². The van der Waals surface area contributed by atoms with Crippen LogP contribution < -0.4 is 4.90 Å². The zero-order valence-corrected chi connectivity index (χ0v) is 26.8. The van der Waals surface area contributed by atoms with E-state index in [1.54, 1.807) is 0 Å². The second-order valence-electron chi connectivity index (χ2n) is 12.3. The molecule has 7 heteroatoms. The average Bonchev–Trinajstić information content (AvgIpc) is 3.83. The molecule has 0 saturated carbocycles. The Labute approximate surface area is 286 Å². The maximum atomic E-state index is 10.6. The van der Waals surface area contributed by atoms with Crippen molar-refractivity contribution in [2.24, 2.45) is 0 Å². The van der Waals surface area contributed by atoms with Crippen molar-refractivity contribution in [2.75, 3.05) is 4.90 Å². The minimum atomic E-state index is 0.0962. The first-order valence-corrected chi connectivity index (χ1v) is 17.0. The lowest BCUT2D eigenvalue weighted by molar-refractivity contribution is 0.669. The summed E-state index contributed by atoms with van der Waals surface area (Å²) in [6, 6.07) is 49.8. The molecule has 0 spiro atoms. The molecule has 2 aliphatic heterocycles. The van der Waals surface area contributed by atoms with E-state index < -0.39 is 0 Å². The van der Waals surface area contributed by atoms with Crippen LogP contribution in [0.5, 0.6) is 0 Å². The van der Waals surface area contributed by atoms with Gasteiger partial charge in [0.25, 0.3) is 0 Å². The van der Waals surface area contributed by atoms with Crippen LogP contribution in [0.2, 0.25) is 0 Å². The van der Waals surface area contributed by atoms with Crippen molar-refractivity contribution >= 4 is 45.1 Å². The second-order valence-corrected chi connectivity index (χ2v) is 13.5. The Morgan fingerprint density at radius 2 is 1.22 bits per heavy atom. The molecule has 230 valence electrons. The van der Waals surface area contributed by atoms with Crippen LogP contribution in [0.15, 0.2) is 149 Å². The van der Waals surface area contributed by atoms with E-state index in [1.807, 2.05) is 90.6 Å². The highest BCUT2D eigenvalue weighted by Gasteiger charge is 2.46. The highest BCUT2D eigenvalue weighted by molar-refractivity contribution is 8.00. The molecule has 0 bridgehead atoms. The molecule has 0 aliphatic carbocycles. The minimum Gasteiger partial charge on any atom is -0.456 e. The number of anilines is 2. The van der Waals surface area contributed by atoms with E-state index in [4.69, 9.17) is 19.4 Å². The highest BCUT2D eigenvalue weighted by atomic mass is 32.2. The van der Waals surface area contributed by atoms with Crippen LogP contribution in [0.25, 0.3) is 56.1 Å². The standard InChI is InChI=1S/C42H25N5OS/c43-24-28-22-26(18-20-33(28)47-34-15-7-4-13-30(34)39-38(47)31-14-6-9-17-37(31)49-39)41-44-40(25-10-2-1-3-11-25)45-42(46-41)27-19-21-36-32(23-27)29-12-5-8-16-35(29)48-36/h1-23,38-39H. The van der Waals surface area contributed by atoms with Crippen LogP contribution in [0.1, 0.15) is 28.0 Å². The van der Waals surface area contributed by atoms with E-state index in [9.17, 15) is 5.26 Å². The van der Waals surface area contributed by atoms with Crippen LogP contribution in [0, 0.1) is 11.3 Å². The van der Waals surface area contributed by atoms with Crippen molar-refractivity contribution in [3.05, 3.63) is 156 Å². The Morgan fingerprint density at radius 3 is 2.06 bits per heavy atom. The number of hydrogen-bond acceptors (Lipinski definition) is 7. The first-order valence-electron chi connectivity index (χ1n) is 16.1. The summed E-state index contributed by atoms with van der Waals surface area (Å²) < 4.78 is 6.09. The molecule has 0 saturated heterocycles. The topological polar surface area (TPSA) is 78.8 Å². The number of fused-ring (bicyclic) bond motifs is 8. The van der Waals surface area contributed by atoms with Gasteiger partial charge in [-0.1, -0.05) is 84.9 Å². The first kappa shape index (κ1) is 27.8. The molecule has 0 N–H and O–H groups in total. The van der Waals surface area contributed by atoms with Gasteiger partial charge in [-0.15, -0.1) is 11.8 Å². The number of hydrogen-bond donors (Lipinski definition) is 0. The molecule has 8 aromatic rings. The summed E-state index contributed by atoms with van der Waals surface area (Å²) in [5.74, 6) is 1.62. The fraction of sp³-hybridized carbons (Fsp3) is 0.0476. The molecule has 2 aliphatic rings. The molecule has 0 fully saturated rings. The maximum absolute atomic E-state index is 10.6. The highest BCUT2D eigenvalue weighted by Crippen LogP contribution is 2.64. The lowest BCUT2D eigenvalue weighted by Crippen LogP contribution is -2.20. The predicted octanol–water partition coefficient (Wildman–Crippen LogP) is 10.7. The zero-order chi connectivity index (χ0) is 32.5. The molecule has 10 rings (SSSR count). The Kier molecular flexibility index (Phi) is 6.20. The van der Waals surface area contributed by atoms with Gasteiger partial charge in [-0.2, -0.15) is 5.26 Å². The fourth-order valence-electron chi connectivity index (χ4n) is 7.27. The summed E-state index contributed by atoms with van der Waals surface area (Å²) in [5, 5.41) is 12.9. The Hall–Kier alpha value is -6.23. The van der Waals surface area contributed by atoms with Gasteiger partial charge in [-0.05, 0) is 65.7 Å². The Bertz CT molecular complexity index is 2640. The maximum Gasteiger partial charge on any atom is 0.164 e. The first-order chi connectivity index (χ1) is 24.2. The molecule has 0 amide bonds. The molecule has 2 aromatic heterocycles. The summed E-state index contributed by atoms with van der Waals surface area (Å²) in [7, 11) is 0. The van der Waals surface area contributed by atoms with E-state index in [-0.39, 0.29) is 11.3 Å². The fourth-order valence-corrected chi connectivity index (χ4v) is 8.75. The zero-order valence-electron chi connectivity index (χ0n) is 26.0. The third-order valence-corrected chi connectivity index (χ3v) is 10.9. The summed E-state index contributed by atoms with van der Waals surface area (Å²) in [4.78, 5) is 18.6. The normalized spacial score (nSPS) is 16.0. The minimum absolute atomic E-state index is 0.0962. The number of rotatable bonds is 4. The summed E-state index contributed by atoms with van der Waals surface area (Å²) in [6.07, 6.45) is 0. The molecular formula is C42H25N5OS. The predicted molar refractivity (Wildman–Crippen MR) is 194 cm³/mol. The van der Waals surface area contributed by atoms with Crippen LogP contribution in [0.3, 0.4) is 0 Å². The Balaban J connectivity index is 1.12. The molecular weight excluding hydrogens is 623 g/mol. The van der Waals surface area contributed by atoms with Gasteiger partial charge < -0.3 is 9.32 Å². The number of para-hydroxylation sites is 2. The number of aromatic nitrogens is 3. The second kappa shape index (κ2) is 10.9. The number of nitrogens with zero attached hydrogens (tertiary/aromatic N) is 5. The Morgan fingerprint density at radius 1 is 0.571 bits per heavy atom. The van der Waals surface area contributed by atoms with Crippen molar-refractivity contribution in [2.45, 2.75) is 16.2 Å². The average molecular weight is 648 g/mol. The summed E-state index contributed by atoms with van der Waals surface area (Å²) >= 11 is 1.90. The van der Waals surface area contributed by atoms with E-state index >= 15 is 0 Å². The quantitative estimate of drug-likeness (QED) is 0.188. The third-order valence-electron chi connectivity index (χ3n) is 9.50. The van der Waals surface area contributed by atoms with Gasteiger partial charge in [-0.3, -0.25) is 0 Å². The van der Waals surface area contributed by atoms with Gasteiger partial charge >= 0.3 is 0 Å². The van der Waals surface area contributed by atoms with E-state index in [2.05, 4.69) is 71.6 Å². The van der Waals surface area contributed by atoms with Crippen LogP contribution >= 0.6 is 11.8 Å². The van der Waals surface area contributed by atoms with Gasteiger partial charge in [0.15, 0.2) is 17.5 Å². The van der Waals surface area contributed by atoms with Crippen molar-refractivity contribution in [1.29, 1.82) is 5.26 Å².